The fourth-order valence-electron chi connectivity index (χ4n) is 5.30. The van der Waals surface area contributed by atoms with Gasteiger partial charge in [0, 0.05) is 6.92 Å². The molecule has 0 unspecified atom stereocenters. The van der Waals surface area contributed by atoms with E-state index in [4.69, 9.17) is 23.7 Å². The summed E-state index contributed by atoms with van der Waals surface area (Å²) in [5.74, 6) is -2.41. The fourth-order valence-corrected chi connectivity index (χ4v) is 5.30. The molecule has 0 radical (unpaired) electrons. The highest BCUT2D eigenvalue weighted by atomic mass is 16.7. The molecule has 0 bridgehead atoms. The topological polar surface area (TPSA) is 239 Å². The molecule has 2 amide bonds. The molecule has 5 atom stereocenters. The number of esters is 3. The van der Waals surface area contributed by atoms with Crippen LogP contribution in [0.15, 0.2) is 48.8 Å². The number of alkyl carbamates (subject to hydrolysis) is 1. The van der Waals surface area contributed by atoms with Crippen LogP contribution in [0.2, 0.25) is 0 Å². The molecule has 0 aliphatic carbocycles. The Morgan fingerprint density at radius 3 is 2.34 bits per heavy atom. The van der Waals surface area contributed by atoms with Crippen molar-refractivity contribution in [3.63, 3.8) is 0 Å². The van der Waals surface area contributed by atoms with Crippen molar-refractivity contribution in [3.05, 3.63) is 60.0 Å². The number of anilines is 1. The lowest BCUT2D eigenvalue weighted by molar-refractivity contribution is -0.164. The van der Waals surface area contributed by atoms with Gasteiger partial charge in [0.05, 0.1) is 12.1 Å². The van der Waals surface area contributed by atoms with Gasteiger partial charge in [0.1, 0.15) is 48.4 Å². The molecule has 18 heteroatoms. The lowest BCUT2D eigenvalue weighted by Gasteiger charge is -2.32. The standard InChI is InChI=1S/C35H42N6O12/c1-20(42)49-19-50-31(46)40-29-22-13-14-24(41(22)38-18-37-29)35(17-36)28(44)26(23(52-35)16-48-25(43)15-21-11-9-8-10-12-21)51-30(45)27(33(2,3)4)39-32(47)53-34(5,6)7/h8-14,18,23,26-28,44H,15-16,19H2,1-7H3,(H,39,47)(H,37,38,40,46)/t23-,26-,27-,28-,35+/m1/s1. The van der Waals surface area contributed by atoms with Gasteiger partial charge in [-0.15, -0.1) is 0 Å². The number of amides is 2. The van der Waals surface area contributed by atoms with Crippen LogP contribution in [0.5, 0.6) is 0 Å². The fraction of sp³-hybridized carbons (Fsp3) is 0.486. The van der Waals surface area contributed by atoms with Gasteiger partial charge >= 0.3 is 30.1 Å². The summed E-state index contributed by atoms with van der Waals surface area (Å²) in [5, 5.41) is 31.6. The highest BCUT2D eigenvalue weighted by Crippen LogP contribution is 2.42. The van der Waals surface area contributed by atoms with Crippen molar-refractivity contribution in [2.24, 2.45) is 5.41 Å². The molecular formula is C35H42N6O12. The van der Waals surface area contributed by atoms with Crippen molar-refractivity contribution in [2.45, 2.75) is 90.4 Å². The molecule has 1 saturated heterocycles. The minimum atomic E-state index is -2.30. The Balaban J connectivity index is 1.66. The highest BCUT2D eigenvalue weighted by molar-refractivity contribution is 5.89. The van der Waals surface area contributed by atoms with Crippen LogP contribution in [-0.2, 0) is 54.8 Å². The van der Waals surface area contributed by atoms with Gasteiger partial charge in [0.15, 0.2) is 11.9 Å². The largest absolute Gasteiger partial charge is 0.463 e. The van der Waals surface area contributed by atoms with Crippen LogP contribution in [0.25, 0.3) is 5.52 Å². The number of hydrogen-bond donors (Lipinski definition) is 3. The van der Waals surface area contributed by atoms with Gasteiger partial charge in [-0.1, -0.05) is 51.1 Å². The number of aromatic nitrogens is 3. The smallest absolute Gasteiger partial charge is 0.415 e. The number of carbonyl (C=O) groups excluding carboxylic acids is 5. The SMILES string of the molecule is CC(=O)OCOC(=O)Nc1ncnn2c([C@]3(C#N)O[C@H](COC(=O)Cc4ccccc4)[C@@H](OC(=O)[C@@H](NC(=O)OC(C)(C)C)C(C)(C)C)[C@H]3O)ccc12. The summed E-state index contributed by atoms with van der Waals surface area (Å²) in [6.07, 6.45) is -5.94. The molecule has 0 saturated carbocycles. The van der Waals surface area contributed by atoms with Crippen molar-refractivity contribution >= 4 is 41.4 Å². The quantitative estimate of drug-likeness (QED) is 0.146. The zero-order valence-corrected chi connectivity index (χ0v) is 30.3. The predicted molar refractivity (Wildman–Crippen MR) is 181 cm³/mol. The van der Waals surface area contributed by atoms with Crippen LogP contribution < -0.4 is 10.6 Å². The third-order valence-corrected chi connectivity index (χ3v) is 7.72. The maximum Gasteiger partial charge on any atom is 0.415 e. The second-order valence-corrected chi connectivity index (χ2v) is 14.1. The first-order chi connectivity index (χ1) is 24.8. The third-order valence-electron chi connectivity index (χ3n) is 7.72. The number of hydrogen-bond acceptors (Lipinski definition) is 15. The van der Waals surface area contributed by atoms with Crippen molar-refractivity contribution < 1.29 is 57.5 Å². The van der Waals surface area contributed by atoms with Gasteiger partial charge in [-0.25, -0.2) is 23.9 Å². The number of nitrogens with one attached hydrogen (secondary N) is 2. The van der Waals surface area contributed by atoms with Gasteiger partial charge in [-0.05, 0) is 43.9 Å². The predicted octanol–water partition coefficient (Wildman–Crippen LogP) is 2.91. The number of fused-ring (bicyclic) bond motifs is 1. The minimum Gasteiger partial charge on any atom is -0.463 e. The van der Waals surface area contributed by atoms with Crippen molar-refractivity contribution in [2.75, 3.05) is 18.7 Å². The number of ether oxygens (including phenoxy) is 6. The molecule has 1 aromatic carbocycles. The van der Waals surface area contributed by atoms with Gasteiger partial charge in [0.2, 0.25) is 12.4 Å². The molecule has 0 spiro atoms. The monoisotopic (exact) mass is 738 g/mol. The van der Waals surface area contributed by atoms with Crippen LogP contribution in [0, 0.1) is 16.7 Å². The molecule has 284 valence electrons. The van der Waals surface area contributed by atoms with E-state index in [1.807, 2.05) is 6.07 Å². The molecule has 1 aliphatic rings. The number of rotatable bonds is 11. The minimum absolute atomic E-state index is 0.0698. The summed E-state index contributed by atoms with van der Waals surface area (Å²) >= 11 is 0. The normalized spacial score (nSPS) is 20.4. The average molecular weight is 739 g/mol. The first-order valence-electron chi connectivity index (χ1n) is 16.4. The van der Waals surface area contributed by atoms with Gasteiger partial charge < -0.3 is 38.8 Å². The number of carbonyl (C=O) groups is 5. The van der Waals surface area contributed by atoms with E-state index >= 15 is 0 Å². The summed E-state index contributed by atoms with van der Waals surface area (Å²) in [6, 6.07) is 12.2. The number of benzene rings is 1. The Kier molecular flexibility index (Phi) is 12.3. The molecule has 53 heavy (non-hydrogen) atoms. The van der Waals surface area contributed by atoms with Crippen molar-refractivity contribution in [3.8, 4) is 6.07 Å². The van der Waals surface area contributed by atoms with E-state index in [0.717, 1.165) is 17.8 Å². The summed E-state index contributed by atoms with van der Waals surface area (Å²) < 4.78 is 33.4. The summed E-state index contributed by atoms with van der Waals surface area (Å²) in [5.41, 5.74) is -3.39. The average Bonchev–Trinajstić information content (AvgIpc) is 3.61. The molecule has 3 N–H and O–H groups in total. The number of nitrogens with zero attached hydrogens (tertiary/aromatic N) is 4. The lowest BCUT2D eigenvalue weighted by atomic mass is 9.86. The van der Waals surface area contributed by atoms with Crippen LogP contribution in [-0.4, -0.2) is 93.2 Å². The maximum absolute atomic E-state index is 13.8. The Labute approximate surface area is 304 Å². The molecule has 2 aromatic heterocycles. The molecule has 3 aromatic rings. The molecule has 1 aliphatic heterocycles. The highest BCUT2D eigenvalue weighted by Gasteiger charge is 2.60. The van der Waals surface area contributed by atoms with E-state index in [-0.39, 0.29) is 23.4 Å². The van der Waals surface area contributed by atoms with E-state index in [2.05, 4.69) is 25.5 Å². The summed E-state index contributed by atoms with van der Waals surface area (Å²) in [7, 11) is 0. The van der Waals surface area contributed by atoms with E-state index in [1.165, 1.54) is 12.1 Å². The van der Waals surface area contributed by atoms with E-state index in [9.17, 15) is 34.3 Å². The number of aliphatic hydroxyl groups is 1. The summed E-state index contributed by atoms with van der Waals surface area (Å²) in [4.78, 5) is 66.8. The Morgan fingerprint density at radius 1 is 1.02 bits per heavy atom. The molecule has 18 nitrogen and oxygen atoms in total. The van der Waals surface area contributed by atoms with Gasteiger partial charge in [-0.2, -0.15) is 10.4 Å². The third kappa shape index (κ3) is 9.96. The molecule has 3 heterocycles. The summed E-state index contributed by atoms with van der Waals surface area (Å²) in [6.45, 7) is 9.90. The van der Waals surface area contributed by atoms with E-state index < -0.39 is 84.5 Å². The molecule has 4 rings (SSSR count). The Morgan fingerprint density at radius 2 is 1.72 bits per heavy atom. The van der Waals surface area contributed by atoms with E-state index in [1.54, 1.807) is 71.9 Å². The van der Waals surface area contributed by atoms with Crippen LogP contribution in [0.4, 0.5) is 15.4 Å². The maximum atomic E-state index is 13.8. The second-order valence-electron chi connectivity index (χ2n) is 14.1. The molecule has 1 fully saturated rings. The number of aliphatic hydroxyl groups excluding tert-OH is 1. The van der Waals surface area contributed by atoms with Crippen LogP contribution in [0.3, 0.4) is 0 Å². The van der Waals surface area contributed by atoms with E-state index in [0.29, 0.717) is 5.56 Å². The number of nitriles is 1. The second kappa shape index (κ2) is 16.3. The van der Waals surface area contributed by atoms with Gasteiger partial charge in [0.25, 0.3) is 0 Å². The van der Waals surface area contributed by atoms with Crippen molar-refractivity contribution in [1.29, 1.82) is 5.26 Å². The van der Waals surface area contributed by atoms with Crippen LogP contribution >= 0.6 is 0 Å². The first-order valence-corrected chi connectivity index (χ1v) is 16.4. The van der Waals surface area contributed by atoms with Crippen molar-refractivity contribution in [1.82, 2.24) is 19.9 Å². The van der Waals surface area contributed by atoms with Crippen LogP contribution in [0.1, 0.15) is 59.7 Å². The zero-order valence-electron chi connectivity index (χ0n) is 30.3. The Bertz CT molecular complexity index is 1860. The Hall–Kier alpha value is -5.80. The first kappa shape index (κ1) is 40.0. The zero-order chi connectivity index (χ0) is 39.1. The lowest BCUT2D eigenvalue weighted by Crippen LogP contribution is -2.53. The molecular weight excluding hydrogens is 696 g/mol. The van der Waals surface area contributed by atoms with Gasteiger partial charge in [-0.3, -0.25) is 14.9 Å².